The fourth-order valence-corrected chi connectivity index (χ4v) is 0. The van der Waals surface area contributed by atoms with Gasteiger partial charge in [0.2, 0.25) is 0 Å². The summed E-state index contributed by atoms with van der Waals surface area (Å²) in [5.74, 6) is 0. The van der Waals surface area contributed by atoms with Crippen LogP contribution in [0.25, 0.3) is 0 Å². The molecule has 0 aromatic carbocycles. The van der Waals surface area contributed by atoms with E-state index < -0.39 is 9.27 Å². The molecule has 0 saturated carbocycles. The summed E-state index contributed by atoms with van der Waals surface area (Å²) >= 11 is 3.35. The third-order valence-corrected chi connectivity index (χ3v) is 5.12. The minimum absolute atomic E-state index is 0.595. The van der Waals surface area contributed by atoms with Crippen LogP contribution in [0.5, 0.6) is 0 Å². The zero-order valence-corrected chi connectivity index (χ0v) is 8.29. The van der Waals surface area contributed by atoms with Crippen LogP contribution in [0.2, 0.25) is 0 Å². The average molecular weight is 348 g/mol. The quantitative estimate of drug-likeness (QED) is 0.427. The van der Waals surface area contributed by atoms with Gasteiger partial charge in [-0.15, -0.1) is 0 Å². The zero-order chi connectivity index (χ0) is 6.08. The molecule has 0 aliphatic rings. The monoisotopic (exact) mass is 348 g/mol. The molecule has 0 bridgehead atoms. The normalized spacial score (nSPS) is 12.7. The molecule has 44 valence electrons. The van der Waals surface area contributed by atoms with E-state index in [4.69, 9.17) is 9.79 Å². The predicted octanol–water partition coefficient (Wildman–Crippen LogP) is 1.32. The molecule has 0 heterocycles. The van der Waals surface area contributed by atoms with Crippen LogP contribution >= 0.6 is 52.8 Å². The van der Waals surface area contributed by atoms with E-state index in [0.717, 1.165) is 0 Å². The summed E-state index contributed by atoms with van der Waals surface area (Å²) in [7, 11) is -3.76. The van der Waals surface area contributed by atoms with Gasteiger partial charge in [0.15, 0.2) is 1.67 Å². The first-order valence-corrected chi connectivity index (χ1v) is 5.45. The maximum absolute atomic E-state index is 10.0. The number of alkyl halides is 2. The van der Waals surface area contributed by atoms with Gasteiger partial charge in [-0.25, -0.2) is 0 Å². The molecule has 0 aromatic rings. The van der Waals surface area contributed by atoms with Crippen molar-refractivity contribution < 1.29 is 14.4 Å². The molecule has 0 aliphatic carbocycles. The van der Waals surface area contributed by atoms with Gasteiger partial charge >= 0.3 is 7.60 Å². The molecular formula is CH3I2O3P. The molecule has 0 amide bonds. The molecule has 6 heteroatoms. The number of hydrogen-bond donors (Lipinski definition) is 2. The van der Waals surface area contributed by atoms with Crippen LogP contribution in [0.3, 0.4) is 0 Å². The van der Waals surface area contributed by atoms with Crippen molar-refractivity contribution in [2.24, 2.45) is 0 Å². The van der Waals surface area contributed by atoms with Gasteiger partial charge < -0.3 is 9.79 Å². The highest BCUT2D eigenvalue weighted by Crippen LogP contribution is 2.48. The molecule has 0 radical (unpaired) electrons. The zero-order valence-electron chi connectivity index (χ0n) is 3.08. The van der Waals surface area contributed by atoms with Crippen molar-refractivity contribution in [2.45, 2.75) is 1.67 Å². The Kier molecular flexibility index (Phi) is 3.63. The van der Waals surface area contributed by atoms with Crippen molar-refractivity contribution in [3.63, 3.8) is 0 Å². The molecule has 7 heavy (non-hydrogen) atoms. The molecule has 0 unspecified atom stereocenters. The lowest BCUT2D eigenvalue weighted by atomic mass is 11.9. The van der Waals surface area contributed by atoms with Crippen LogP contribution in [-0.4, -0.2) is 11.5 Å². The standard InChI is InChI=1S/CH3I2O3P/c2-1(3)7(4,5)6/h1H,(H2,4,5,6). The average Bonchev–Trinajstić information content (AvgIpc) is 1.31. The van der Waals surface area contributed by atoms with Crippen molar-refractivity contribution in [1.82, 2.24) is 0 Å². The van der Waals surface area contributed by atoms with Gasteiger partial charge in [0.05, 0.1) is 0 Å². The predicted molar refractivity (Wildman–Crippen MR) is 43.9 cm³/mol. The molecule has 0 atom stereocenters. The summed E-state index contributed by atoms with van der Waals surface area (Å²) in [6.45, 7) is 0. The molecule has 0 aromatic heterocycles. The van der Waals surface area contributed by atoms with Crippen LogP contribution in [0.4, 0.5) is 0 Å². The van der Waals surface area contributed by atoms with Crippen LogP contribution in [-0.2, 0) is 4.57 Å². The molecule has 0 spiro atoms. The van der Waals surface area contributed by atoms with E-state index in [1.807, 2.05) is 0 Å². The summed E-state index contributed by atoms with van der Waals surface area (Å²) in [4.78, 5) is 16.4. The van der Waals surface area contributed by atoms with Crippen molar-refractivity contribution in [3.8, 4) is 0 Å². The largest absolute Gasteiger partial charge is 0.348 e. The maximum Gasteiger partial charge on any atom is 0.348 e. The van der Waals surface area contributed by atoms with Crippen molar-refractivity contribution in [3.05, 3.63) is 0 Å². The molecule has 0 rings (SSSR count). The van der Waals surface area contributed by atoms with Gasteiger partial charge in [-0.05, 0) is 0 Å². The van der Waals surface area contributed by atoms with Crippen LogP contribution in [0.1, 0.15) is 0 Å². The van der Waals surface area contributed by atoms with Gasteiger partial charge in [-0.2, -0.15) is 0 Å². The lowest BCUT2D eigenvalue weighted by molar-refractivity contribution is 0.379. The molecule has 2 N–H and O–H groups in total. The van der Waals surface area contributed by atoms with Crippen molar-refractivity contribution >= 4 is 52.8 Å². The van der Waals surface area contributed by atoms with Crippen LogP contribution in [0, 0.1) is 0 Å². The SMILES string of the molecule is O=P(O)(O)C(I)I. The molecular weight excluding hydrogens is 345 g/mol. The summed E-state index contributed by atoms with van der Waals surface area (Å²) in [5, 5.41) is 0. The Morgan fingerprint density at radius 2 is 1.57 bits per heavy atom. The Hall–Kier alpha value is 1.61. The van der Waals surface area contributed by atoms with Crippen molar-refractivity contribution in [1.29, 1.82) is 0 Å². The Bertz CT molecular complexity index is 95.1. The third kappa shape index (κ3) is 4.14. The summed E-state index contributed by atoms with van der Waals surface area (Å²) in [5.41, 5.74) is 0. The van der Waals surface area contributed by atoms with Crippen LogP contribution in [0.15, 0.2) is 0 Å². The lowest BCUT2D eigenvalue weighted by Crippen LogP contribution is -1.84. The smallest absolute Gasteiger partial charge is 0.323 e. The minimum Gasteiger partial charge on any atom is -0.323 e. The summed E-state index contributed by atoms with van der Waals surface area (Å²) in [6.07, 6.45) is 0. The second kappa shape index (κ2) is 2.95. The van der Waals surface area contributed by atoms with Crippen molar-refractivity contribution in [2.75, 3.05) is 0 Å². The topological polar surface area (TPSA) is 57.5 Å². The maximum atomic E-state index is 10.0. The third-order valence-electron chi connectivity index (χ3n) is 0.254. The van der Waals surface area contributed by atoms with Gasteiger partial charge in [0, 0.05) is 0 Å². The van der Waals surface area contributed by atoms with E-state index in [2.05, 4.69) is 0 Å². The summed E-state index contributed by atoms with van der Waals surface area (Å²) < 4.78 is 9.42. The van der Waals surface area contributed by atoms with E-state index in [0.29, 0.717) is 0 Å². The Balaban J connectivity index is 3.80. The minimum atomic E-state index is -3.76. The van der Waals surface area contributed by atoms with E-state index in [1.165, 1.54) is 0 Å². The molecule has 3 nitrogen and oxygen atoms in total. The number of hydrogen-bond acceptors (Lipinski definition) is 1. The lowest BCUT2D eigenvalue weighted by Gasteiger charge is -2.00. The van der Waals surface area contributed by atoms with E-state index in [9.17, 15) is 4.57 Å². The fraction of sp³-hybridized carbons (Fsp3) is 1.00. The number of halogens is 2. The Labute approximate surface area is 68.3 Å². The van der Waals surface area contributed by atoms with Gasteiger partial charge in [-0.3, -0.25) is 4.57 Å². The molecule has 0 fully saturated rings. The highest BCUT2D eigenvalue weighted by Gasteiger charge is 2.21. The second-order valence-electron chi connectivity index (χ2n) is 0.867. The highest BCUT2D eigenvalue weighted by atomic mass is 127. The second-order valence-corrected chi connectivity index (χ2v) is 9.41. The molecule has 0 saturated heterocycles. The first-order chi connectivity index (χ1) is 2.94. The van der Waals surface area contributed by atoms with Gasteiger partial charge in [0.25, 0.3) is 0 Å². The summed E-state index contributed by atoms with van der Waals surface area (Å²) in [6, 6.07) is 0. The number of rotatable bonds is 1. The Morgan fingerprint density at radius 1 is 1.43 bits per heavy atom. The highest BCUT2D eigenvalue weighted by molar-refractivity contribution is 14.2. The first-order valence-electron chi connectivity index (χ1n) is 1.28. The van der Waals surface area contributed by atoms with Crippen LogP contribution < -0.4 is 0 Å². The van der Waals surface area contributed by atoms with E-state index in [-0.39, 0.29) is 0 Å². The van der Waals surface area contributed by atoms with E-state index in [1.54, 1.807) is 45.2 Å². The first kappa shape index (κ1) is 8.61. The van der Waals surface area contributed by atoms with Gasteiger partial charge in [0.1, 0.15) is 0 Å². The fourth-order valence-electron chi connectivity index (χ4n) is 0. The molecule has 0 aliphatic heterocycles. The van der Waals surface area contributed by atoms with E-state index >= 15 is 0 Å². The van der Waals surface area contributed by atoms with Gasteiger partial charge in [-0.1, -0.05) is 45.2 Å². The Morgan fingerprint density at radius 3 is 1.57 bits per heavy atom.